The highest BCUT2D eigenvalue weighted by Crippen LogP contribution is 2.07. The molecule has 0 fully saturated rings. The minimum atomic E-state index is 0.219. The van der Waals surface area contributed by atoms with Crippen molar-refractivity contribution in [2.24, 2.45) is 5.73 Å². The Morgan fingerprint density at radius 3 is 2.33 bits per heavy atom. The molecule has 0 aliphatic heterocycles. The summed E-state index contributed by atoms with van der Waals surface area (Å²) in [5.41, 5.74) is 5.70. The van der Waals surface area contributed by atoms with Gasteiger partial charge in [0.15, 0.2) is 0 Å². The Labute approximate surface area is 77.0 Å². The van der Waals surface area contributed by atoms with Crippen LogP contribution in [0.4, 0.5) is 0 Å². The second kappa shape index (κ2) is 8.79. The lowest BCUT2D eigenvalue weighted by Gasteiger charge is -2.04. The molecule has 1 nitrogen and oxygen atoms in total. The SMILES string of the molecule is C=CC(N)CCCCCCCC. The zero-order valence-corrected chi connectivity index (χ0v) is 8.39. The Morgan fingerprint density at radius 2 is 1.75 bits per heavy atom. The lowest BCUT2D eigenvalue weighted by molar-refractivity contribution is 0.571. The van der Waals surface area contributed by atoms with Crippen LogP contribution in [0.15, 0.2) is 12.7 Å². The van der Waals surface area contributed by atoms with Crippen molar-refractivity contribution in [2.75, 3.05) is 0 Å². The molecule has 0 aliphatic carbocycles. The van der Waals surface area contributed by atoms with Gasteiger partial charge in [0.1, 0.15) is 0 Å². The molecule has 0 aromatic carbocycles. The molecule has 0 aliphatic rings. The maximum atomic E-state index is 5.70. The molecular weight excluding hydrogens is 146 g/mol. The van der Waals surface area contributed by atoms with Gasteiger partial charge >= 0.3 is 0 Å². The smallest absolute Gasteiger partial charge is 0.0221 e. The monoisotopic (exact) mass is 169 g/mol. The van der Waals surface area contributed by atoms with E-state index in [2.05, 4.69) is 13.5 Å². The number of hydrogen-bond acceptors (Lipinski definition) is 1. The van der Waals surface area contributed by atoms with Gasteiger partial charge in [-0.1, -0.05) is 51.5 Å². The van der Waals surface area contributed by atoms with Gasteiger partial charge in [-0.05, 0) is 6.42 Å². The Morgan fingerprint density at radius 1 is 1.17 bits per heavy atom. The first-order valence-electron chi connectivity index (χ1n) is 5.19. The van der Waals surface area contributed by atoms with Gasteiger partial charge in [-0.15, -0.1) is 6.58 Å². The predicted molar refractivity (Wildman–Crippen MR) is 56.2 cm³/mol. The molecule has 0 saturated heterocycles. The Bertz CT molecular complexity index is 99.2. The average Bonchev–Trinajstić information content (AvgIpc) is 2.10. The molecule has 2 N–H and O–H groups in total. The molecule has 1 heteroatoms. The van der Waals surface area contributed by atoms with Crippen molar-refractivity contribution in [2.45, 2.75) is 57.9 Å². The fourth-order valence-corrected chi connectivity index (χ4v) is 1.28. The molecule has 12 heavy (non-hydrogen) atoms. The largest absolute Gasteiger partial charge is 0.324 e. The van der Waals surface area contributed by atoms with E-state index < -0.39 is 0 Å². The van der Waals surface area contributed by atoms with Crippen molar-refractivity contribution < 1.29 is 0 Å². The van der Waals surface area contributed by atoms with Crippen molar-refractivity contribution in [1.29, 1.82) is 0 Å². The summed E-state index contributed by atoms with van der Waals surface area (Å²) in [5, 5.41) is 0. The number of unbranched alkanes of at least 4 members (excludes halogenated alkanes) is 5. The lowest BCUT2D eigenvalue weighted by atomic mass is 10.1. The van der Waals surface area contributed by atoms with Crippen LogP contribution >= 0.6 is 0 Å². The van der Waals surface area contributed by atoms with E-state index in [1.807, 2.05) is 6.08 Å². The maximum Gasteiger partial charge on any atom is 0.0221 e. The van der Waals surface area contributed by atoms with Gasteiger partial charge in [0.2, 0.25) is 0 Å². The first kappa shape index (κ1) is 11.7. The van der Waals surface area contributed by atoms with Crippen molar-refractivity contribution in [3.05, 3.63) is 12.7 Å². The molecule has 0 aromatic heterocycles. The van der Waals surface area contributed by atoms with Gasteiger partial charge in [0, 0.05) is 6.04 Å². The van der Waals surface area contributed by atoms with Gasteiger partial charge in [0.25, 0.3) is 0 Å². The first-order chi connectivity index (χ1) is 5.81. The molecule has 0 heterocycles. The molecule has 0 saturated carbocycles. The third-order valence-electron chi connectivity index (χ3n) is 2.19. The highest BCUT2D eigenvalue weighted by Gasteiger charge is 1.95. The van der Waals surface area contributed by atoms with Crippen LogP contribution in [0.1, 0.15) is 51.9 Å². The molecule has 72 valence electrons. The minimum Gasteiger partial charge on any atom is -0.324 e. The van der Waals surface area contributed by atoms with Crippen molar-refractivity contribution in [3.63, 3.8) is 0 Å². The van der Waals surface area contributed by atoms with Gasteiger partial charge < -0.3 is 5.73 Å². The third kappa shape index (κ3) is 7.80. The van der Waals surface area contributed by atoms with Crippen LogP contribution in [0.3, 0.4) is 0 Å². The molecule has 0 spiro atoms. The van der Waals surface area contributed by atoms with Gasteiger partial charge in [-0.2, -0.15) is 0 Å². The summed E-state index contributed by atoms with van der Waals surface area (Å²) in [4.78, 5) is 0. The molecule has 0 rings (SSSR count). The molecule has 0 aromatic rings. The molecular formula is C11H23N. The average molecular weight is 169 g/mol. The number of nitrogens with two attached hydrogens (primary N) is 1. The van der Waals surface area contributed by atoms with E-state index in [1.54, 1.807) is 0 Å². The van der Waals surface area contributed by atoms with Crippen LogP contribution in [-0.4, -0.2) is 6.04 Å². The van der Waals surface area contributed by atoms with Gasteiger partial charge in [-0.3, -0.25) is 0 Å². The van der Waals surface area contributed by atoms with E-state index in [4.69, 9.17) is 5.73 Å². The summed E-state index contributed by atoms with van der Waals surface area (Å²) >= 11 is 0. The summed E-state index contributed by atoms with van der Waals surface area (Å²) in [6, 6.07) is 0.219. The quantitative estimate of drug-likeness (QED) is 0.438. The van der Waals surface area contributed by atoms with Crippen LogP contribution < -0.4 is 5.73 Å². The van der Waals surface area contributed by atoms with E-state index in [9.17, 15) is 0 Å². The Balaban J connectivity index is 2.95. The summed E-state index contributed by atoms with van der Waals surface area (Å²) in [6.07, 6.45) is 11.0. The van der Waals surface area contributed by atoms with Crippen LogP contribution in [0.2, 0.25) is 0 Å². The normalized spacial score (nSPS) is 12.8. The highest BCUT2D eigenvalue weighted by atomic mass is 14.6. The molecule has 1 unspecified atom stereocenters. The number of rotatable bonds is 8. The zero-order valence-electron chi connectivity index (χ0n) is 8.39. The van der Waals surface area contributed by atoms with Crippen molar-refractivity contribution in [3.8, 4) is 0 Å². The van der Waals surface area contributed by atoms with Crippen molar-refractivity contribution >= 4 is 0 Å². The fourth-order valence-electron chi connectivity index (χ4n) is 1.28. The molecule has 0 radical (unpaired) electrons. The lowest BCUT2D eigenvalue weighted by Crippen LogP contribution is -2.15. The van der Waals surface area contributed by atoms with E-state index >= 15 is 0 Å². The fraction of sp³-hybridized carbons (Fsp3) is 0.818. The van der Waals surface area contributed by atoms with Crippen LogP contribution in [0, 0.1) is 0 Å². The van der Waals surface area contributed by atoms with E-state index in [0.29, 0.717) is 0 Å². The summed E-state index contributed by atoms with van der Waals surface area (Å²) in [6.45, 7) is 5.91. The molecule has 0 bridgehead atoms. The van der Waals surface area contributed by atoms with Crippen LogP contribution in [0.5, 0.6) is 0 Å². The molecule has 0 amide bonds. The standard InChI is InChI=1S/C11H23N/c1-3-5-6-7-8-9-10-11(12)4-2/h4,11H,2-3,5-10,12H2,1H3. The second-order valence-corrected chi connectivity index (χ2v) is 3.46. The van der Waals surface area contributed by atoms with Crippen LogP contribution in [0.25, 0.3) is 0 Å². The Kier molecular flexibility index (Phi) is 8.57. The van der Waals surface area contributed by atoms with Gasteiger partial charge in [0.05, 0.1) is 0 Å². The van der Waals surface area contributed by atoms with E-state index in [1.165, 1.54) is 38.5 Å². The Hall–Kier alpha value is -0.300. The maximum absolute atomic E-state index is 5.70. The minimum absolute atomic E-state index is 0.219. The van der Waals surface area contributed by atoms with Crippen LogP contribution in [-0.2, 0) is 0 Å². The second-order valence-electron chi connectivity index (χ2n) is 3.46. The summed E-state index contributed by atoms with van der Waals surface area (Å²) in [7, 11) is 0. The zero-order chi connectivity index (χ0) is 9.23. The van der Waals surface area contributed by atoms with Crippen molar-refractivity contribution in [1.82, 2.24) is 0 Å². The highest BCUT2D eigenvalue weighted by molar-refractivity contribution is 4.81. The number of hydrogen-bond donors (Lipinski definition) is 1. The first-order valence-corrected chi connectivity index (χ1v) is 5.19. The van der Waals surface area contributed by atoms with E-state index in [0.717, 1.165) is 6.42 Å². The topological polar surface area (TPSA) is 26.0 Å². The summed E-state index contributed by atoms with van der Waals surface area (Å²) < 4.78 is 0. The van der Waals surface area contributed by atoms with Gasteiger partial charge in [-0.25, -0.2) is 0 Å². The molecule has 1 atom stereocenters. The summed E-state index contributed by atoms with van der Waals surface area (Å²) in [5.74, 6) is 0. The predicted octanol–water partition coefficient (Wildman–Crippen LogP) is 3.25. The van der Waals surface area contributed by atoms with E-state index in [-0.39, 0.29) is 6.04 Å². The third-order valence-corrected chi connectivity index (χ3v) is 2.19.